The Bertz CT molecular complexity index is 558. The molecule has 0 saturated carbocycles. The molecule has 0 atom stereocenters. The van der Waals surface area contributed by atoms with Crippen LogP contribution in [0.4, 0.5) is 0 Å². The third kappa shape index (κ3) is 3.94. The Hall–Kier alpha value is -1.58. The molecule has 1 aromatic heterocycles. The van der Waals surface area contributed by atoms with Crippen molar-refractivity contribution in [2.75, 3.05) is 7.05 Å². The molecule has 2 rings (SSSR count). The molecule has 1 heterocycles. The molecular formula is C15H17ClN2O. The monoisotopic (exact) mass is 276 g/mol. The second kappa shape index (κ2) is 6.55. The van der Waals surface area contributed by atoms with Gasteiger partial charge in [0.25, 0.3) is 0 Å². The third-order valence-electron chi connectivity index (χ3n) is 2.81. The molecule has 0 fully saturated rings. The van der Waals surface area contributed by atoms with Gasteiger partial charge in [0, 0.05) is 23.3 Å². The number of hydrogen-bond acceptors (Lipinski definition) is 3. The minimum Gasteiger partial charge on any atom is -0.473 e. The fraction of sp³-hybridized carbons (Fsp3) is 0.267. The summed E-state index contributed by atoms with van der Waals surface area (Å²) < 4.78 is 5.67. The van der Waals surface area contributed by atoms with Gasteiger partial charge in [-0.2, -0.15) is 0 Å². The molecule has 100 valence electrons. The van der Waals surface area contributed by atoms with Gasteiger partial charge in [-0.1, -0.05) is 29.8 Å². The van der Waals surface area contributed by atoms with Crippen LogP contribution < -0.4 is 10.1 Å². The lowest BCUT2D eigenvalue weighted by molar-refractivity contribution is 0.293. The minimum atomic E-state index is 0.471. The van der Waals surface area contributed by atoms with E-state index in [0.29, 0.717) is 12.5 Å². The smallest absolute Gasteiger partial charge is 0.213 e. The quantitative estimate of drug-likeness (QED) is 0.909. The zero-order valence-corrected chi connectivity index (χ0v) is 11.9. The molecule has 4 heteroatoms. The molecule has 2 aromatic rings. The van der Waals surface area contributed by atoms with Crippen LogP contribution in [0.15, 0.2) is 36.4 Å². The van der Waals surface area contributed by atoms with Crippen LogP contribution >= 0.6 is 11.6 Å². The van der Waals surface area contributed by atoms with Crippen LogP contribution in [0.2, 0.25) is 5.02 Å². The van der Waals surface area contributed by atoms with Crippen LogP contribution in [0.1, 0.15) is 16.8 Å². The molecule has 0 aliphatic carbocycles. The summed E-state index contributed by atoms with van der Waals surface area (Å²) in [6, 6.07) is 11.6. The van der Waals surface area contributed by atoms with E-state index in [1.165, 1.54) is 5.56 Å². The van der Waals surface area contributed by atoms with Crippen LogP contribution in [-0.4, -0.2) is 12.0 Å². The molecule has 0 amide bonds. The molecular weight excluding hydrogens is 260 g/mol. The molecule has 0 bridgehead atoms. The highest BCUT2D eigenvalue weighted by Gasteiger charge is 2.02. The van der Waals surface area contributed by atoms with E-state index in [9.17, 15) is 0 Å². The third-order valence-corrected chi connectivity index (χ3v) is 3.05. The number of nitrogens with zero attached hydrogens (tertiary/aromatic N) is 1. The zero-order chi connectivity index (χ0) is 13.7. The lowest BCUT2D eigenvalue weighted by Gasteiger charge is -2.09. The summed E-state index contributed by atoms with van der Waals surface area (Å²) >= 11 is 5.93. The van der Waals surface area contributed by atoms with Crippen molar-refractivity contribution in [3.63, 3.8) is 0 Å². The van der Waals surface area contributed by atoms with Gasteiger partial charge < -0.3 is 10.1 Å². The number of ether oxygens (including phenoxy) is 1. The average molecular weight is 277 g/mol. The van der Waals surface area contributed by atoms with E-state index < -0.39 is 0 Å². The summed E-state index contributed by atoms with van der Waals surface area (Å²) in [5, 5.41) is 3.83. The van der Waals surface area contributed by atoms with Gasteiger partial charge in [0.1, 0.15) is 6.61 Å². The number of nitrogens with one attached hydrogen (secondary N) is 1. The Morgan fingerprint density at radius 3 is 2.79 bits per heavy atom. The van der Waals surface area contributed by atoms with E-state index in [4.69, 9.17) is 16.3 Å². The van der Waals surface area contributed by atoms with Crippen molar-refractivity contribution in [3.05, 3.63) is 58.2 Å². The normalized spacial score (nSPS) is 10.5. The number of halogens is 1. The summed E-state index contributed by atoms with van der Waals surface area (Å²) in [4.78, 5) is 4.43. The second-order valence-electron chi connectivity index (χ2n) is 4.34. The van der Waals surface area contributed by atoms with Crippen LogP contribution in [0.3, 0.4) is 0 Å². The lowest BCUT2D eigenvalue weighted by atomic mass is 10.2. The van der Waals surface area contributed by atoms with Gasteiger partial charge in [-0.3, -0.25) is 0 Å². The molecule has 1 N–H and O–H groups in total. The Morgan fingerprint density at radius 1 is 1.26 bits per heavy atom. The maximum Gasteiger partial charge on any atom is 0.213 e. The molecule has 0 radical (unpaired) electrons. The molecule has 3 nitrogen and oxygen atoms in total. The van der Waals surface area contributed by atoms with E-state index >= 15 is 0 Å². The van der Waals surface area contributed by atoms with E-state index in [0.717, 1.165) is 22.8 Å². The number of hydrogen-bond donors (Lipinski definition) is 1. The average Bonchev–Trinajstić information content (AvgIpc) is 2.39. The van der Waals surface area contributed by atoms with Crippen molar-refractivity contribution < 1.29 is 4.74 Å². The SMILES string of the molecule is CNCc1ccc(OCc2cccc(Cl)c2)nc1C. The summed E-state index contributed by atoms with van der Waals surface area (Å²) in [6.07, 6.45) is 0. The largest absolute Gasteiger partial charge is 0.473 e. The van der Waals surface area contributed by atoms with Crippen LogP contribution in [0, 0.1) is 6.92 Å². The highest BCUT2D eigenvalue weighted by atomic mass is 35.5. The highest BCUT2D eigenvalue weighted by molar-refractivity contribution is 6.30. The molecule has 0 aliphatic rings. The fourth-order valence-corrected chi connectivity index (χ4v) is 2.02. The van der Waals surface area contributed by atoms with Gasteiger partial charge in [-0.25, -0.2) is 4.98 Å². The number of aromatic nitrogens is 1. The van der Waals surface area contributed by atoms with Crippen molar-refractivity contribution >= 4 is 11.6 Å². The van der Waals surface area contributed by atoms with Crippen molar-refractivity contribution in [3.8, 4) is 5.88 Å². The lowest BCUT2D eigenvalue weighted by Crippen LogP contribution is -2.08. The van der Waals surface area contributed by atoms with E-state index in [-0.39, 0.29) is 0 Å². The fourth-order valence-electron chi connectivity index (χ4n) is 1.81. The van der Waals surface area contributed by atoms with E-state index in [2.05, 4.69) is 10.3 Å². The molecule has 0 unspecified atom stereocenters. The summed E-state index contributed by atoms with van der Waals surface area (Å²) in [5.41, 5.74) is 3.20. The Kier molecular flexibility index (Phi) is 4.77. The number of benzene rings is 1. The van der Waals surface area contributed by atoms with Gasteiger partial charge in [0.15, 0.2) is 0 Å². The molecule has 0 spiro atoms. The number of aryl methyl sites for hydroxylation is 1. The standard InChI is InChI=1S/C15H17ClN2O/c1-11-13(9-17-2)6-7-15(18-11)19-10-12-4-3-5-14(16)8-12/h3-8,17H,9-10H2,1-2H3. The van der Waals surface area contributed by atoms with Crippen LogP contribution in [0.25, 0.3) is 0 Å². The molecule has 0 aliphatic heterocycles. The minimum absolute atomic E-state index is 0.471. The summed E-state index contributed by atoms with van der Waals surface area (Å²) in [5.74, 6) is 0.636. The predicted octanol–water partition coefficient (Wildman–Crippen LogP) is 3.34. The van der Waals surface area contributed by atoms with Crippen molar-refractivity contribution in [1.29, 1.82) is 0 Å². The predicted molar refractivity (Wildman–Crippen MR) is 77.5 cm³/mol. The first-order valence-electron chi connectivity index (χ1n) is 6.17. The summed E-state index contributed by atoms with van der Waals surface area (Å²) in [7, 11) is 1.92. The zero-order valence-electron chi connectivity index (χ0n) is 11.1. The maximum absolute atomic E-state index is 5.93. The van der Waals surface area contributed by atoms with Crippen molar-refractivity contribution in [2.24, 2.45) is 0 Å². The molecule has 0 saturated heterocycles. The van der Waals surface area contributed by atoms with Crippen molar-refractivity contribution in [1.82, 2.24) is 10.3 Å². The second-order valence-corrected chi connectivity index (χ2v) is 4.78. The maximum atomic E-state index is 5.93. The topological polar surface area (TPSA) is 34.1 Å². The van der Waals surface area contributed by atoms with Crippen LogP contribution in [0.5, 0.6) is 5.88 Å². The van der Waals surface area contributed by atoms with Gasteiger partial charge in [-0.15, -0.1) is 0 Å². The van der Waals surface area contributed by atoms with Crippen LogP contribution in [-0.2, 0) is 13.2 Å². The van der Waals surface area contributed by atoms with Gasteiger partial charge in [0.2, 0.25) is 5.88 Å². The number of pyridine rings is 1. The van der Waals surface area contributed by atoms with E-state index in [1.807, 2.05) is 50.4 Å². The molecule has 1 aromatic carbocycles. The first-order valence-corrected chi connectivity index (χ1v) is 6.55. The van der Waals surface area contributed by atoms with Gasteiger partial charge in [-0.05, 0) is 37.2 Å². The highest BCUT2D eigenvalue weighted by Crippen LogP contribution is 2.16. The van der Waals surface area contributed by atoms with E-state index in [1.54, 1.807) is 0 Å². The first-order chi connectivity index (χ1) is 9.19. The number of rotatable bonds is 5. The first kappa shape index (κ1) is 13.8. The van der Waals surface area contributed by atoms with Gasteiger partial charge in [0.05, 0.1) is 0 Å². The summed E-state index contributed by atoms with van der Waals surface area (Å²) in [6.45, 7) is 3.27. The van der Waals surface area contributed by atoms with Gasteiger partial charge >= 0.3 is 0 Å². The Balaban J connectivity index is 2.02. The molecule has 19 heavy (non-hydrogen) atoms. The Labute approximate surface area is 118 Å². The Morgan fingerprint density at radius 2 is 2.11 bits per heavy atom. The van der Waals surface area contributed by atoms with Crippen molar-refractivity contribution in [2.45, 2.75) is 20.1 Å².